The van der Waals surface area contributed by atoms with Gasteiger partial charge >= 0.3 is 6.03 Å². The first-order valence-corrected chi connectivity index (χ1v) is 7.04. The molecule has 0 bridgehead atoms. The fraction of sp³-hybridized carbons (Fsp3) is 0.357. The third-order valence-electron chi connectivity index (χ3n) is 3.03. The Morgan fingerprint density at radius 1 is 1.58 bits per heavy atom. The zero-order valence-corrected chi connectivity index (χ0v) is 12.2. The molecule has 4 nitrogen and oxygen atoms in total. The van der Waals surface area contributed by atoms with Crippen molar-refractivity contribution >= 4 is 22.0 Å². The van der Waals surface area contributed by atoms with Crippen LogP contribution < -0.4 is 5.32 Å². The number of hydrogen-bond acceptors (Lipinski definition) is 2. The highest BCUT2D eigenvalue weighted by atomic mass is 79.9. The Morgan fingerprint density at radius 2 is 2.32 bits per heavy atom. The van der Waals surface area contributed by atoms with Crippen LogP contribution in [0.3, 0.4) is 0 Å². The van der Waals surface area contributed by atoms with E-state index < -0.39 is 0 Å². The van der Waals surface area contributed by atoms with E-state index in [2.05, 4.69) is 27.8 Å². The molecule has 2 amide bonds. The number of benzene rings is 1. The molecule has 0 unspecified atom stereocenters. The molecule has 0 aromatic heterocycles. The first kappa shape index (κ1) is 13.9. The number of halogens is 1. The van der Waals surface area contributed by atoms with Crippen molar-refractivity contribution in [2.75, 3.05) is 6.54 Å². The van der Waals surface area contributed by atoms with Crippen molar-refractivity contribution in [3.8, 4) is 5.75 Å². The molecule has 5 heteroatoms. The largest absolute Gasteiger partial charge is 0.507 e. The van der Waals surface area contributed by atoms with Crippen LogP contribution in [0, 0.1) is 0 Å². The van der Waals surface area contributed by atoms with Crippen molar-refractivity contribution < 1.29 is 9.90 Å². The number of carbonyl (C=O) groups excluding carboxylic acids is 1. The van der Waals surface area contributed by atoms with Gasteiger partial charge in [0.15, 0.2) is 0 Å². The van der Waals surface area contributed by atoms with Gasteiger partial charge in [-0.3, -0.25) is 0 Å². The number of nitrogens with zero attached hydrogens (tertiary/aromatic N) is 1. The normalized spacial score (nSPS) is 13.9. The molecule has 0 radical (unpaired) electrons. The van der Waals surface area contributed by atoms with Crippen LogP contribution >= 0.6 is 15.9 Å². The second-order valence-corrected chi connectivity index (χ2v) is 5.47. The number of phenolic OH excluding ortho intramolecular Hbond substituents is 1. The fourth-order valence-electron chi connectivity index (χ4n) is 1.86. The van der Waals surface area contributed by atoms with Gasteiger partial charge in [0.1, 0.15) is 5.75 Å². The van der Waals surface area contributed by atoms with Crippen molar-refractivity contribution in [3.63, 3.8) is 0 Å². The maximum atomic E-state index is 12.0. The minimum Gasteiger partial charge on any atom is -0.507 e. The average Bonchev–Trinajstić information content (AvgIpc) is 3.21. The summed E-state index contributed by atoms with van der Waals surface area (Å²) in [5.41, 5.74) is 0.937. The minimum atomic E-state index is -0.0633. The lowest BCUT2D eigenvalue weighted by Crippen LogP contribution is -2.41. The average molecular weight is 325 g/mol. The van der Waals surface area contributed by atoms with E-state index in [4.69, 9.17) is 0 Å². The molecule has 0 atom stereocenters. The number of aromatic hydroxyl groups is 1. The molecule has 0 spiro atoms. The van der Waals surface area contributed by atoms with Gasteiger partial charge in [-0.05, 0) is 46.5 Å². The van der Waals surface area contributed by atoms with Gasteiger partial charge in [0, 0.05) is 19.1 Å². The summed E-state index contributed by atoms with van der Waals surface area (Å²) in [6.45, 7) is 4.70. The van der Waals surface area contributed by atoms with E-state index in [-0.39, 0.29) is 11.8 Å². The van der Waals surface area contributed by atoms with Gasteiger partial charge < -0.3 is 15.3 Å². The summed E-state index contributed by atoms with van der Waals surface area (Å²) in [5, 5.41) is 12.3. The number of rotatable bonds is 5. The van der Waals surface area contributed by atoms with Crippen molar-refractivity contribution in [2.45, 2.75) is 25.4 Å². The van der Waals surface area contributed by atoms with Gasteiger partial charge in [-0.1, -0.05) is 12.1 Å². The van der Waals surface area contributed by atoms with Crippen LogP contribution in [0.5, 0.6) is 5.75 Å². The summed E-state index contributed by atoms with van der Waals surface area (Å²) < 4.78 is 0.629. The molecule has 1 saturated carbocycles. The molecule has 0 heterocycles. The summed E-state index contributed by atoms with van der Waals surface area (Å²) in [5.74, 6) is 0.196. The van der Waals surface area contributed by atoms with E-state index in [1.807, 2.05) is 4.90 Å². The first-order chi connectivity index (χ1) is 9.11. The van der Waals surface area contributed by atoms with Gasteiger partial charge in [-0.15, -0.1) is 6.58 Å². The van der Waals surface area contributed by atoms with Gasteiger partial charge in [0.05, 0.1) is 4.47 Å². The summed E-state index contributed by atoms with van der Waals surface area (Å²) in [4.78, 5) is 13.9. The highest BCUT2D eigenvalue weighted by Gasteiger charge is 2.31. The predicted molar refractivity (Wildman–Crippen MR) is 78.0 cm³/mol. The molecule has 2 N–H and O–H groups in total. The number of carbonyl (C=O) groups is 1. The zero-order chi connectivity index (χ0) is 13.8. The van der Waals surface area contributed by atoms with E-state index in [9.17, 15) is 9.90 Å². The van der Waals surface area contributed by atoms with E-state index >= 15 is 0 Å². The Kier molecular flexibility index (Phi) is 4.47. The zero-order valence-electron chi connectivity index (χ0n) is 10.6. The highest BCUT2D eigenvalue weighted by molar-refractivity contribution is 9.10. The van der Waals surface area contributed by atoms with Gasteiger partial charge in [0.2, 0.25) is 0 Å². The minimum absolute atomic E-state index is 0.0633. The van der Waals surface area contributed by atoms with E-state index in [1.165, 1.54) is 0 Å². The maximum Gasteiger partial charge on any atom is 0.318 e. The Morgan fingerprint density at radius 3 is 2.89 bits per heavy atom. The smallest absolute Gasteiger partial charge is 0.318 e. The third-order valence-corrected chi connectivity index (χ3v) is 3.67. The molecular formula is C14H17BrN2O2. The predicted octanol–water partition coefficient (Wildman–Crippen LogP) is 3.01. The lowest BCUT2D eigenvalue weighted by atomic mass is 10.2. The summed E-state index contributed by atoms with van der Waals surface area (Å²) >= 11 is 3.25. The van der Waals surface area contributed by atoms with Gasteiger partial charge in [-0.25, -0.2) is 4.79 Å². The summed E-state index contributed by atoms with van der Waals surface area (Å²) in [7, 11) is 0. The van der Waals surface area contributed by atoms with Gasteiger partial charge in [0.25, 0.3) is 0 Å². The Bertz CT molecular complexity index is 486. The standard InChI is InChI=1S/C14H17BrN2O2/c1-2-7-17(11-4-5-11)14(19)16-9-10-3-6-13(18)12(15)8-10/h2-3,6,8,11,18H,1,4-5,7,9H2,(H,16,19). The van der Waals surface area contributed by atoms with Crippen LogP contribution in [0.15, 0.2) is 35.3 Å². The molecule has 102 valence electrons. The summed E-state index contributed by atoms with van der Waals surface area (Å²) in [6.07, 6.45) is 3.90. The Balaban J connectivity index is 1.91. The van der Waals surface area contributed by atoms with E-state index in [0.717, 1.165) is 18.4 Å². The quantitative estimate of drug-likeness (QED) is 0.818. The van der Waals surface area contributed by atoms with Crippen LogP contribution in [0.25, 0.3) is 0 Å². The molecule has 1 fully saturated rings. The molecule has 0 saturated heterocycles. The van der Waals surface area contributed by atoms with Crippen LogP contribution in [0.1, 0.15) is 18.4 Å². The van der Waals surface area contributed by atoms with Crippen LogP contribution in [0.4, 0.5) is 4.79 Å². The van der Waals surface area contributed by atoms with Crippen LogP contribution in [-0.2, 0) is 6.54 Å². The van der Waals surface area contributed by atoms with Crippen LogP contribution in [0.2, 0.25) is 0 Å². The first-order valence-electron chi connectivity index (χ1n) is 6.24. The van der Waals surface area contributed by atoms with Crippen molar-refractivity contribution in [2.24, 2.45) is 0 Å². The second kappa shape index (κ2) is 6.10. The molecule has 0 aliphatic heterocycles. The topological polar surface area (TPSA) is 52.6 Å². The fourth-order valence-corrected chi connectivity index (χ4v) is 2.29. The second-order valence-electron chi connectivity index (χ2n) is 4.62. The van der Waals surface area contributed by atoms with Gasteiger partial charge in [-0.2, -0.15) is 0 Å². The number of nitrogens with one attached hydrogen (secondary N) is 1. The number of urea groups is 1. The lowest BCUT2D eigenvalue weighted by Gasteiger charge is -2.21. The van der Waals surface area contributed by atoms with Crippen LogP contribution in [-0.4, -0.2) is 28.6 Å². The molecule has 1 aromatic rings. The monoisotopic (exact) mass is 324 g/mol. The highest BCUT2D eigenvalue weighted by Crippen LogP contribution is 2.27. The Labute approximate surface area is 121 Å². The molecular weight excluding hydrogens is 308 g/mol. The van der Waals surface area contributed by atoms with E-state index in [1.54, 1.807) is 24.3 Å². The number of amides is 2. The molecule has 1 aromatic carbocycles. The summed E-state index contributed by atoms with van der Waals surface area (Å²) in [6, 6.07) is 5.49. The SMILES string of the molecule is C=CCN(C(=O)NCc1ccc(O)c(Br)c1)C1CC1. The lowest BCUT2D eigenvalue weighted by molar-refractivity contribution is 0.200. The molecule has 19 heavy (non-hydrogen) atoms. The number of hydrogen-bond donors (Lipinski definition) is 2. The Hall–Kier alpha value is -1.49. The van der Waals surface area contributed by atoms with Crippen molar-refractivity contribution in [3.05, 3.63) is 40.9 Å². The van der Waals surface area contributed by atoms with Crippen molar-refractivity contribution in [1.82, 2.24) is 10.2 Å². The maximum absolute atomic E-state index is 12.0. The number of phenols is 1. The van der Waals surface area contributed by atoms with Crippen molar-refractivity contribution in [1.29, 1.82) is 0 Å². The molecule has 1 aliphatic carbocycles. The molecule has 2 rings (SSSR count). The van der Waals surface area contributed by atoms with E-state index in [0.29, 0.717) is 23.6 Å². The molecule has 1 aliphatic rings. The third kappa shape index (κ3) is 3.73.